The van der Waals surface area contributed by atoms with E-state index in [0.717, 1.165) is 4.90 Å². The van der Waals surface area contributed by atoms with Crippen LogP contribution in [0.5, 0.6) is 0 Å². The fourth-order valence-corrected chi connectivity index (χ4v) is 2.57. The van der Waals surface area contributed by atoms with Crippen LogP contribution in [0.15, 0.2) is 12.1 Å². The molecule has 8 heteroatoms. The fourth-order valence-electron chi connectivity index (χ4n) is 2.03. The highest BCUT2D eigenvalue weighted by molar-refractivity contribution is 6.35. The Labute approximate surface area is 131 Å². The monoisotopic (exact) mass is 333 g/mol. The van der Waals surface area contributed by atoms with Gasteiger partial charge in [0.2, 0.25) is 5.91 Å². The van der Waals surface area contributed by atoms with Crippen LogP contribution >= 0.6 is 23.2 Å². The van der Waals surface area contributed by atoms with Crippen molar-refractivity contribution < 1.29 is 14.0 Å². The molecule has 0 bridgehead atoms. The van der Waals surface area contributed by atoms with Gasteiger partial charge in [-0.15, -0.1) is 0 Å². The minimum atomic E-state index is -0.574. The summed E-state index contributed by atoms with van der Waals surface area (Å²) in [7, 11) is 0. The van der Waals surface area contributed by atoms with Crippen LogP contribution in [0.25, 0.3) is 0 Å². The number of nitrogens with zero attached hydrogens (tertiary/aromatic N) is 1. The predicted octanol–water partition coefficient (Wildman–Crippen LogP) is 2.33. The van der Waals surface area contributed by atoms with E-state index >= 15 is 0 Å². The van der Waals surface area contributed by atoms with Crippen LogP contribution in [0.3, 0.4) is 0 Å². The Balaban J connectivity index is 1.98. The number of benzene rings is 1. The van der Waals surface area contributed by atoms with E-state index in [1.807, 2.05) is 0 Å². The van der Waals surface area contributed by atoms with Gasteiger partial charge in [0.25, 0.3) is 0 Å². The number of nitrogens with one attached hydrogen (secondary N) is 2. The largest absolute Gasteiger partial charge is 0.336 e. The summed E-state index contributed by atoms with van der Waals surface area (Å²) in [5, 5.41) is 5.72. The van der Waals surface area contributed by atoms with E-state index in [-0.39, 0.29) is 23.5 Å². The molecule has 1 aliphatic rings. The lowest BCUT2D eigenvalue weighted by Gasteiger charge is -2.18. The second-order valence-electron chi connectivity index (χ2n) is 4.67. The molecule has 21 heavy (non-hydrogen) atoms. The molecule has 1 aromatic rings. The van der Waals surface area contributed by atoms with Crippen molar-refractivity contribution in [3.63, 3.8) is 0 Å². The molecule has 1 aliphatic heterocycles. The maximum absolute atomic E-state index is 13.5. The van der Waals surface area contributed by atoms with Gasteiger partial charge in [0, 0.05) is 24.2 Å². The maximum atomic E-state index is 13.5. The molecule has 2 rings (SSSR count). The summed E-state index contributed by atoms with van der Waals surface area (Å²) in [6.45, 7) is 2.50. The van der Waals surface area contributed by atoms with Crippen LogP contribution in [-0.2, 0) is 4.79 Å². The van der Waals surface area contributed by atoms with E-state index in [0.29, 0.717) is 23.7 Å². The van der Waals surface area contributed by atoms with Crippen LogP contribution in [-0.4, -0.2) is 36.5 Å². The number of rotatable bonds is 4. The van der Waals surface area contributed by atoms with E-state index < -0.39 is 11.8 Å². The normalized spacial score (nSPS) is 16.0. The molecule has 5 nitrogen and oxygen atoms in total. The van der Waals surface area contributed by atoms with Crippen molar-refractivity contribution in [1.29, 1.82) is 0 Å². The molecule has 0 aromatic heterocycles. The van der Waals surface area contributed by atoms with Crippen LogP contribution in [0, 0.1) is 5.82 Å². The number of amides is 3. The van der Waals surface area contributed by atoms with Gasteiger partial charge in [-0.25, -0.2) is 9.18 Å². The highest BCUT2D eigenvalue weighted by Crippen LogP contribution is 2.28. The Morgan fingerprint density at radius 3 is 2.81 bits per heavy atom. The molecule has 1 aromatic carbocycles. The summed E-state index contributed by atoms with van der Waals surface area (Å²) in [4.78, 5) is 24.3. The highest BCUT2D eigenvalue weighted by atomic mass is 35.5. The van der Waals surface area contributed by atoms with Gasteiger partial charge in [-0.05, 0) is 24.6 Å². The third-order valence-electron chi connectivity index (χ3n) is 3.22. The van der Waals surface area contributed by atoms with Crippen molar-refractivity contribution in [2.75, 3.05) is 19.6 Å². The molecule has 1 heterocycles. The Morgan fingerprint density at radius 2 is 2.19 bits per heavy atom. The third-order valence-corrected chi connectivity index (χ3v) is 3.84. The zero-order valence-corrected chi connectivity index (χ0v) is 12.8. The molecule has 0 radical (unpaired) electrons. The van der Waals surface area contributed by atoms with Crippen molar-refractivity contribution in [1.82, 2.24) is 15.5 Å². The molecule has 0 unspecified atom stereocenters. The van der Waals surface area contributed by atoms with E-state index in [1.165, 1.54) is 12.1 Å². The van der Waals surface area contributed by atoms with Crippen molar-refractivity contribution in [2.24, 2.45) is 0 Å². The fraction of sp³-hybridized carbons (Fsp3) is 0.385. The predicted molar refractivity (Wildman–Crippen MR) is 77.9 cm³/mol. The first-order chi connectivity index (χ1) is 9.90. The zero-order chi connectivity index (χ0) is 15.6. The van der Waals surface area contributed by atoms with E-state index in [4.69, 9.17) is 23.2 Å². The van der Waals surface area contributed by atoms with Gasteiger partial charge in [0.1, 0.15) is 5.82 Å². The molecule has 0 saturated carbocycles. The molecule has 1 saturated heterocycles. The number of halogens is 3. The summed E-state index contributed by atoms with van der Waals surface area (Å²) >= 11 is 11.6. The minimum Gasteiger partial charge on any atom is -0.336 e. The van der Waals surface area contributed by atoms with Gasteiger partial charge in [-0.1, -0.05) is 23.2 Å². The van der Waals surface area contributed by atoms with E-state index in [2.05, 4.69) is 10.6 Å². The number of carbonyl (C=O) groups is 2. The van der Waals surface area contributed by atoms with Crippen LogP contribution in [0.4, 0.5) is 9.18 Å². The van der Waals surface area contributed by atoms with Gasteiger partial charge < -0.3 is 10.6 Å². The highest BCUT2D eigenvalue weighted by Gasteiger charge is 2.26. The first kappa shape index (κ1) is 16.0. The Kier molecular flexibility index (Phi) is 5.03. The summed E-state index contributed by atoms with van der Waals surface area (Å²) in [5.74, 6) is -0.919. The van der Waals surface area contributed by atoms with Crippen molar-refractivity contribution >= 4 is 35.1 Å². The molecule has 3 amide bonds. The summed E-state index contributed by atoms with van der Waals surface area (Å²) in [6.07, 6.45) is 0. The first-order valence-corrected chi connectivity index (χ1v) is 7.11. The molecular weight excluding hydrogens is 320 g/mol. The minimum absolute atomic E-state index is 0.0465. The average molecular weight is 334 g/mol. The number of hydrogen-bond acceptors (Lipinski definition) is 3. The third kappa shape index (κ3) is 3.64. The second-order valence-corrected chi connectivity index (χ2v) is 5.48. The summed E-state index contributed by atoms with van der Waals surface area (Å²) < 4.78 is 13.5. The van der Waals surface area contributed by atoms with Gasteiger partial charge in [0.05, 0.1) is 11.6 Å². The van der Waals surface area contributed by atoms with Gasteiger partial charge in [-0.2, -0.15) is 0 Å². The summed E-state index contributed by atoms with van der Waals surface area (Å²) in [6, 6.07) is 1.79. The van der Waals surface area contributed by atoms with Gasteiger partial charge in [-0.3, -0.25) is 9.69 Å². The van der Waals surface area contributed by atoms with Crippen LogP contribution < -0.4 is 10.6 Å². The maximum Gasteiger partial charge on any atom is 0.324 e. The number of urea groups is 1. The zero-order valence-electron chi connectivity index (χ0n) is 11.3. The van der Waals surface area contributed by atoms with E-state index in [9.17, 15) is 14.0 Å². The van der Waals surface area contributed by atoms with Crippen LogP contribution in [0.1, 0.15) is 18.5 Å². The topological polar surface area (TPSA) is 61.4 Å². The SMILES string of the molecule is C[C@H](NCC(=O)N1CCNC1=O)c1cc(F)c(Cl)cc1Cl. The van der Waals surface area contributed by atoms with Crippen molar-refractivity contribution in [3.8, 4) is 0 Å². The number of hydrogen-bond donors (Lipinski definition) is 2. The molecule has 1 atom stereocenters. The first-order valence-electron chi connectivity index (χ1n) is 6.36. The second kappa shape index (κ2) is 6.60. The lowest BCUT2D eigenvalue weighted by molar-refractivity contribution is -0.126. The van der Waals surface area contributed by atoms with Crippen molar-refractivity contribution in [2.45, 2.75) is 13.0 Å². The van der Waals surface area contributed by atoms with E-state index in [1.54, 1.807) is 6.92 Å². The van der Waals surface area contributed by atoms with Crippen LogP contribution in [0.2, 0.25) is 10.0 Å². The van der Waals surface area contributed by atoms with Gasteiger partial charge in [0.15, 0.2) is 0 Å². The molecule has 114 valence electrons. The number of carbonyl (C=O) groups excluding carboxylic acids is 2. The lowest BCUT2D eigenvalue weighted by Crippen LogP contribution is -2.40. The quantitative estimate of drug-likeness (QED) is 0.831. The molecule has 1 fully saturated rings. The molecule has 0 spiro atoms. The standard InChI is InChI=1S/C13H14Cl2FN3O2/c1-7(8-4-11(16)10(15)5-9(8)14)18-6-12(20)19-3-2-17-13(19)21/h4-5,7,18H,2-3,6H2,1H3,(H,17,21)/t7-/m0/s1. The summed E-state index contributed by atoms with van der Waals surface area (Å²) in [5.41, 5.74) is 0.497. The Hall–Kier alpha value is -1.37. The molecule has 2 N–H and O–H groups in total. The Morgan fingerprint density at radius 1 is 1.48 bits per heavy atom. The van der Waals surface area contributed by atoms with Gasteiger partial charge >= 0.3 is 6.03 Å². The molecular formula is C13H14Cl2FN3O2. The molecule has 0 aliphatic carbocycles. The lowest BCUT2D eigenvalue weighted by atomic mass is 10.1. The smallest absolute Gasteiger partial charge is 0.324 e. The van der Waals surface area contributed by atoms with Crippen molar-refractivity contribution in [3.05, 3.63) is 33.6 Å². The Bertz CT molecular complexity index is 583. The average Bonchev–Trinajstić information content (AvgIpc) is 2.86. The number of imide groups is 1.